The van der Waals surface area contributed by atoms with Gasteiger partial charge in [0.05, 0.1) is 5.41 Å². The predicted molar refractivity (Wildman–Crippen MR) is 134 cm³/mol. The van der Waals surface area contributed by atoms with E-state index in [2.05, 4.69) is 34.1 Å². The minimum Gasteiger partial charge on any atom is -0.381 e. The van der Waals surface area contributed by atoms with Gasteiger partial charge in [-0.05, 0) is 92.0 Å². The van der Waals surface area contributed by atoms with Crippen LogP contribution in [0.1, 0.15) is 49.7 Å². The second kappa shape index (κ2) is 9.34. The zero-order valence-electron chi connectivity index (χ0n) is 20.2. The van der Waals surface area contributed by atoms with Crippen LogP contribution in [0.3, 0.4) is 0 Å². The molecule has 5 heteroatoms. The van der Waals surface area contributed by atoms with Crippen molar-refractivity contribution in [3.63, 3.8) is 0 Å². The summed E-state index contributed by atoms with van der Waals surface area (Å²) in [5.41, 5.74) is 1.97. The van der Waals surface area contributed by atoms with Gasteiger partial charge in [-0.1, -0.05) is 30.3 Å². The summed E-state index contributed by atoms with van der Waals surface area (Å²) in [5, 5.41) is 2.50. The number of hydrogen-bond acceptors (Lipinski definition) is 3. The van der Waals surface area contributed by atoms with Gasteiger partial charge in [0.2, 0.25) is 5.91 Å². The predicted octanol–water partition coefficient (Wildman–Crippen LogP) is 5.73. The van der Waals surface area contributed by atoms with Crippen LogP contribution in [0.5, 0.6) is 0 Å². The van der Waals surface area contributed by atoms with Crippen molar-refractivity contribution in [1.82, 2.24) is 9.88 Å². The van der Waals surface area contributed by atoms with Gasteiger partial charge >= 0.3 is 0 Å². The molecule has 0 N–H and O–H groups in total. The van der Waals surface area contributed by atoms with Crippen LogP contribution in [0.2, 0.25) is 0 Å². The van der Waals surface area contributed by atoms with Gasteiger partial charge in [0.25, 0.3) is 0 Å². The number of nitrogens with zero attached hydrogens (tertiary/aromatic N) is 2. The summed E-state index contributed by atoms with van der Waals surface area (Å²) < 4.78 is 19.2. The molecule has 1 amide bonds. The Balaban J connectivity index is 1.21. The van der Waals surface area contributed by atoms with Crippen LogP contribution in [-0.2, 0) is 22.4 Å². The summed E-state index contributed by atoms with van der Waals surface area (Å²) in [6.45, 7) is 1.24. The van der Waals surface area contributed by atoms with Gasteiger partial charge in [0, 0.05) is 43.1 Å². The Bertz CT molecular complexity index is 1190. The Hall–Kier alpha value is -2.79. The Morgan fingerprint density at radius 1 is 1.03 bits per heavy atom. The SMILES string of the molecule is O=C(N1C2CCC1CC(Cc1cccc3ccncc13)C2)C1(Cc2ccc(F)cc2)CCOCC1. The molecule has 2 bridgehead atoms. The topological polar surface area (TPSA) is 42.4 Å². The number of pyridine rings is 1. The molecule has 3 aliphatic heterocycles. The number of halogens is 1. The number of piperidine rings is 1. The van der Waals surface area contributed by atoms with E-state index in [-0.39, 0.29) is 5.82 Å². The molecule has 1 aromatic heterocycles. The number of fused-ring (bicyclic) bond motifs is 3. The minimum absolute atomic E-state index is 0.233. The molecule has 6 rings (SSSR count). The van der Waals surface area contributed by atoms with Crippen molar-refractivity contribution < 1.29 is 13.9 Å². The van der Waals surface area contributed by atoms with Crippen LogP contribution in [0.15, 0.2) is 60.9 Å². The van der Waals surface area contributed by atoms with Gasteiger partial charge < -0.3 is 9.64 Å². The first kappa shape index (κ1) is 22.7. The lowest BCUT2D eigenvalue weighted by Gasteiger charge is -2.46. The lowest BCUT2D eigenvalue weighted by molar-refractivity contribution is -0.153. The van der Waals surface area contributed by atoms with Gasteiger partial charge in [0.1, 0.15) is 5.82 Å². The van der Waals surface area contributed by atoms with Gasteiger partial charge in [-0.3, -0.25) is 9.78 Å². The van der Waals surface area contributed by atoms with E-state index in [0.29, 0.717) is 43.5 Å². The molecule has 2 aromatic carbocycles. The first-order valence-corrected chi connectivity index (χ1v) is 13.1. The van der Waals surface area contributed by atoms with Crippen LogP contribution < -0.4 is 0 Å². The minimum atomic E-state index is -0.439. The number of aromatic nitrogens is 1. The van der Waals surface area contributed by atoms with Crippen molar-refractivity contribution in [3.05, 3.63) is 77.9 Å². The van der Waals surface area contributed by atoms with E-state index in [4.69, 9.17) is 4.74 Å². The van der Waals surface area contributed by atoms with Gasteiger partial charge in [-0.25, -0.2) is 4.39 Å². The molecule has 3 fully saturated rings. The summed E-state index contributed by atoms with van der Waals surface area (Å²) in [7, 11) is 0. The Morgan fingerprint density at radius 3 is 2.51 bits per heavy atom. The molecular weight excluding hydrogens is 439 g/mol. The first-order valence-electron chi connectivity index (χ1n) is 13.1. The standard InChI is InChI=1S/C30H33FN2O2/c31-25-6-4-21(5-7-25)19-30(11-14-35-15-12-30)29(34)33-26-8-9-27(33)18-22(17-26)16-24-3-1-2-23-10-13-32-20-28(23)24/h1-7,10,13,20,22,26-27H,8-9,11-12,14-19H2. The molecule has 3 aromatic rings. The Kier molecular flexibility index (Phi) is 6.05. The quantitative estimate of drug-likeness (QED) is 0.477. The fraction of sp³-hybridized carbons (Fsp3) is 0.467. The largest absolute Gasteiger partial charge is 0.381 e. The molecule has 0 radical (unpaired) electrons. The maximum absolute atomic E-state index is 14.2. The third-order valence-corrected chi connectivity index (χ3v) is 8.71. The van der Waals surface area contributed by atoms with Crippen LogP contribution >= 0.6 is 0 Å². The highest BCUT2D eigenvalue weighted by Gasteiger charge is 2.50. The number of carbonyl (C=O) groups is 1. The molecule has 2 unspecified atom stereocenters. The smallest absolute Gasteiger partial charge is 0.229 e. The number of hydrogen-bond donors (Lipinski definition) is 0. The third-order valence-electron chi connectivity index (χ3n) is 8.71. The Labute approximate surface area is 206 Å². The average Bonchev–Trinajstić information content (AvgIpc) is 3.15. The van der Waals surface area contributed by atoms with Gasteiger partial charge in [-0.2, -0.15) is 0 Å². The van der Waals surface area contributed by atoms with E-state index in [9.17, 15) is 9.18 Å². The van der Waals surface area contributed by atoms with Gasteiger partial charge in [0.15, 0.2) is 0 Å². The van der Waals surface area contributed by atoms with Crippen molar-refractivity contribution in [3.8, 4) is 0 Å². The average molecular weight is 473 g/mol. The fourth-order valence-electron chi connectivity index (χ4n) is 6.95. The van der Waals surface area contributed by atoms with Crippen molar-refractivity contribution in [2.45, 2.75) is 63.5 Å². The molecule has 182 valence electrons. The molecule has 0 saturated carbocycles. The van der Waals surface area contributed by atoms with Crippen molar-refractivity contribution in [2.75, 3.05) is 13.2 Å². The highest BCUT2D eigenvalue weighted by molar-refractivity contribution is 5.85. The highest BCUT2D eigenvalue weighted by atomic mass is 19.1. The van der Waals surface area contributed by atoms with Crippen LogP contribution in [-0.4, -0.2) is 41.1 Å². The highest BCUT2D eigenvalue weighted by Crippen LogP contribution is 2.45. The monoisotopic (exact) mass is 472 g/mol. The fourth-order valence-corrected chi connectivity index (χ4v) is 6.95. The molecule has 4 heterocycles. The molecule has 35 heavy (non-hydrogen) atoms. The van der Waals surface area contributed by atoms with Crippen LogP contribution in [0.4, 0.5) is 4.39 Å². The zero-order chi connectivity index (χ0) is 23.8. The molecule has 0 spiro atoms. The molecular formula is C30H33FN2O2. The van der Waals surface area contributed by atoms with Gasteiger partial charge in [-0.15, -0.1) is 0 Å². The number of amides is 1. The second-order valence-electron chi connectivity index (χ2n) is 10.8. The zero-order valence-corrected chi connectivity index (χ0v) is 20.2. The molecule has 2 atom stereocenters. The lowest BCUT2D eigenvalue weighted by Crippen LogP contribution is -2.55. The third kappa shape index (κ3) is 4.35. The maximum Gasteiger partial charge on any atom is 0.229 e. The summed E-state index contributed by atoms with van der Waals surface area (Å²) in [6.07, 6.45) is 11.4. The van der Waals surface area contributed by atoms with Crippen molar-refractivity contribution in [2.24, 2.45) is 11.3 Å². The van der Waals surface area contributed by atoms with E-state index in [1.807, 2.05) is 24.5 Å². The van der Waals surface area contributed by atoms with E-state index < -0.39 is 5.41 Å². The molecule has 0 aliphatic carbocycles. The molecule has 3 saturated heterocycles. The van der Waals surface area contributed by atoms with E-state index in [0.717, 1.165) is 50.5 Å². The van der Waals surface area contributed by atoms with Crippen LogP contribution in [0, 0.1) is 17.2 Å². The summed E-state index contributed by atoms with van der Waals surface area (Å²) >= 11 is 0. The van der Waals surface area contributed by atoms with Crippen LogP contribution in [0.25, 0.3) is 10.8 Å². The van der Waals surface area contributed by atoms with Crippen molar-refractivity contribution in [1.29, 1.82) is 0 Å². The molecule has 4 nitrogen and oxygen atoms in total. The summed E-state index contributed by atoms with van der Waals surface area (Å²) in [4.78, 5) is 20.9. The van der Waals surface area contributed by atoms with E-state index >= 15 is 0 Å². The van der Waals surface area contributed by atoms with Crippen molar-refractivity contribution >= 4 is 16.7 Å². The number of benzene rings is 2. The van der Waals surface area contributed by atoms with E-state index in [1.165, 1.54) is 28.5 Å². The first-order chi connectivity index (χ1) is 17.1. The van der Waals surface area contributed by atoms with E-state index in [1.54, 1.807) is 0 Å². The summed E-state index contributed by atoms with van der Waals surface area (Å²) in [5.74, 6) is 0.665. The second-order valence-corrected chi connectivity index (χ2v) is 10.8. The number of ether oxygens (including phenoxy) is 1. The lowest BCUT2D eigenvalue weighted by atomic mass is 9.73. The molecule has 3 aliphatic rings. The maximum atomic E-state index is 14.2. The Morgan fingerprint density at radius 2 is 1.77 bits per heavy atom. The summed E-state index contributed by atoms with van der Waals surface area (Å²) in [6, 6.07) is 15.9. The number of rotatable bonds is 5. The number of carbonyl (C=O) groups excluding carboxylic acids is 1. The normalized spacial score (nSPS) is 25.6.